The molecule has 3 aromatic rings. The summed E-state index contributed by atoms with van der Waals surface area (Å²) in [6.07, 6.45) is 4.59. The number of thiophene rings is 1. The number of carbonyl (C=O) groups excluding carboxylic acids is 2. The minimum atomic E-state index is -0.204. The van der Waals surface area contributed by atoms with Crippen molar-refractivity contribution < 1.29 is 9.59 Å². The highest BCUT2D eigenvalue weighted by atomic mass is 32.2. The van der Waals surface area contributed by atoms with Crippen LogP contribution >= 0.6 is 23.1 Å². The van der Waals surface area contributed by atoms with Crippen molar-refractivity contribution in [3.8, 4) is 6.07 Å². The summed E-state index contributed by atoms with van der Waals surface area (Å²) in [5, 5.41) is 25.3. The monoisotopic (exact) mass is 562 g/mol. The molecule has 204 valence electrons. The Morgan fingerprint density at radius 1 is 1.33 bits per heavy atom. The lowest BCUT2D eigenvalue weighted by Crippen LogP contribution is -2.26. The van der Waals surface area contributed by atoms with Gasteiger partial charge in [-0.25, -0.2) is 0 Å². The number of amides is 2. The average Bonchev–Trinajstić information content (AvgIpc) is 3.44. The fourth-order valence-electron chi connectivity index (χ4n) is 4.74. The minimum absolute atomic E-state index is 0.114. The molecule has 0 saturated carbocycles. The molecular formula is C29H34N6O2S2. The fourth-order valence-corrected chi connectivity index (χ4v) is 6.80. The van der Waals surface area contributed by atoms with Crippen LogP contribution in [0.25, 0.3) is 0 Å². The van der Waals surface area contributed by atoms with E-state index in [2.05, 4.69) is 54.3 Å². The molecule has 0 spiro atoms. The van der Waals surface area contributed by atoms with Gasteiger partial charge in [-0.3, -0.25) is 9.59 Å². The number of anilines is 1. The van der Waals surface area contributed by atoms with E-state index in [1.54, 1.807) is 12.1 Å². The van der Waals surface area contributed by atoms with Crippen LogP contribution < -0.4 is 10.6 Å². The van der Waals surface area contributed by atoms with E-state index in [4.69, 9.17) is 0 Å². The van der Waals surface area contributed by atoms with Crippen molar-refractivity contribution in [1.29, 1.82) is 5.26 Å². The maximum Gasteiger partial charge on any atom is 0.251 e. The Morgan fingerprint density at radius 2 is 2.13 bits per heavy atom. The summed E-state index contributed by atoms with van der Waals surface area (Å²) in [6.45, 7) is 13.2. The molecule has 10 heteroatoms. The second kappa shape index (κ2) is 12.2. The van der Waals surface area contributed by atoms with Gasteiger partial charge in [-0.1, -0.05) is 56.3 Å². The number of fused-ring (bicyclic) bond motifs is 1. The summed E-state index contributed by atoms with van der Waals surface area (Å²) in [5.41, 5.74) is 3.49. The van der Waals surface area contributed by atoms with E-state index in [1.165, 1.54) is 28.0 Å². The van der Waals surface area contributed by atoms with Crippen LogP contribution in [0.3, 0.4) is 0 Å². The number of carbonyl (C=O) groups is 2. The highest BCUT2D eigenvalue weighted by Gasteiger charge is 2.32. The van der Waals surface area contributed by atoms with E-state index in [1.807, 2.05) is 29.7 Å². The zero-order chi connectivity index (χ0) is 28.2. The Kier molecular flexibility index (Phi) is 8.93. The van der Waals surface area contributed by atoms with Crippen molar-refractivity contribution in [2.45, 2.75) is 65.2 Å². The zero-order valence-corrected chi connectivity index (χ0v) is 24.5. The summed E-state index contributed by atoms with van der Waals surface area (Å²) in [6, 6.07) is 9.70. The van der Waals surface area contributed by atoms with Gasteiger partial charge in [0.15, 0.2) is 11.0 Å². The molecule has 0 bridgehead atoms. The lowest BCUT2D eigenvalue weighted by Gasteiger charge is -2.33. The third kappa shape index (κ3) is 6.78. The molecule has 0 aliphatic heterocycles. The van der Waals surface area contributed by atoms with Crippen LogP contribution in [0, 0.1) is 29.6 Å². The Balaban J connectivity index is 1.39. The zero-order valence-electron chi connectivity index (χ0n) is 22.8. The van der Waals surface area contributed by atoms with E-state index >= 15 is 0 Å². The number of benzene rings is 1. The number of aromatic nitrogens is 3. The normalized spacial score (nSPS) is 14.8. The molecule has 1 aliphatic rings. The number of aryl methyl sites for hydroxylation is 1. The van der Waals surface area contributed by atoms with Gasteiger partial charge in [-0.05, 0) is 55.2 Å². The van der Waals surface area contributed by atoms with Gasteiger partial charge in [0.05, 0.1) is 17.9 Å². The van der Waals surface area contributed by atoms with Gasteiger partial charge in [0.25, 0.3) is 5.91 Å². The molecule has 0 saturated heterocycles. The lowest BCUT2D eigenvalue weighted by molar-refractivity contribution is -0.113. The van der Waals surface area contributed by atoms with Crippen molar-refractivity contribution in [3.63, 3.8) is 0 Å². The third-order valence-corrected chi connectivity index (χ3v) is 9.12. The molecule has 0 radical (unpaired) electrons. The first-order valence-corrected chi connectivity index (χ1v) is 14.8. The molecule has 1 aromatic carbocycles. The van der Waals surface area contributed by atoms with Crippen LogP contribution in [-0.4, -0.2) is 32.3 Å². The Morgan fingerprint density at radius 3 is 2.82 bits per heavy atom. The van der Waals surface area contributed by atoms with E-state index in [-0.39, 0.29) is 29.5 Å². The summed E-state index contributed by atoms with van der Waals surface area (Å²) in [7, 11) is 0. The van der Waals surface area contributed by atoms with Crippen molar-refractivity contribution in [3.05, 3.63) is 69.9 Å². The van der Waals surface area contributed by atoms with Crippen LogP contribution in [0.2, 0.25) is 0 Å². The van der Waals surface area contributed by atoms with Crippen molar-refractivity contribution in [2.75, 3.05) is 11.1 Å². The topological polar surface area (TPSA) is 113 Å². The molecule has 2 N–H and O–H groups in total. The highest BCUT2D eigenvalue weighted by molar-refractivity contribution is 7.99. The number of allylic oxidation sites excluding steroid dienone is 1. The van der Waals surface area contributed by atoms with Gasteiger partial charge < -0.3 is 15.2 Å². The third-order valence-electron chi connectivity index (χ3n) is 6.98. The highest BCUT2D eigenvalue weighted by Crippen LogP contribution is 2.44. The van der Waals surface area contributed by atoms with Gasteiger partial charge in [-0.15, -0.1) is 28.1 Å². The molecule has 1 aliphatic carbocycles. The van der Waals surface area contributed by atoms with Crippen LogP contribution in [0.15, 0.2) is 42.1 Å². The van der Waals surface area contributed by atoms with Gasteiger partial charge >= 0.3 is 0 Å². The number of hydrogen-bond donors (Lipinski definition) is 2. The predicted molar refractivity (Wildman–Crippen MR) is 156 cm³/mol. The van der Waals surface area contributed by atoms with Gasteiger partial charge in [0, 0.05) is 17.0 Å². The second-order valence-electron chi connectivity index (χ2n) is 10.8. The first kappa shape index (κ1) is 28.6. The van der Waals surface area contributed by atoms with E-state index in [9.17, 15) is 14.9 Å². The SMILES string of the molecule is C=CCn1c(CNC(=O)c2cccc(C)c2)nnc1SCC(=O)Nc1sc2c(c1C#N)CC[C@@H](C(C)(C)C)C2. The quantitative estimate of drug-likeness (QED) is 0.262. The Bertz CT molecular complexity index is 1430. The van der Waals surface area contributed by atoms with Gasteiger partial charge in [0.2, 0.25) is 5.91 Å². The molecule has 2 heterocycles. The molecule has 0 unspecified atom stereocenters. The number of rotatable bonds is 9. The van der Waals surface area contributed by atoms with E-state index in [0.29, 0.717) is 39.6 Å². The molecule has 2 amide bonds. The maximum absolute atomic E-state index is 12.9. The van der Waals surface area contributed by atoms with Crippen molar-refractivity contribution in [1.82, 2.24) is 20.1 Å². The largest absolute Gasteiger partial charge is 0.345 e. The Labute approximate surface area is 237 Å². The smallest absolute Gasteiger partial charge is 0.251 e. The van der Waals surface area contributed by atoms with Crippen LogP contribution in [-0.2, 0) is 30.7 Å². The lowest BCUT2D eigenvalue weighted by atomic mass is 9.72. The molecule has 0 fully saturated rings. The average molecular weight is 563 g/mol. The van der Waals surface area contributed by atoms with Crippen LogP contribution in [0.5, 0.6) is 0 Å². The predicted octanol–water partition coefficient (Wildman–Crippen LogP) is 5.52. The summed E-state index contributed by atoms with van der Waals surface area (Å²) >= 11 is 2.79. The fraction of sp³-hybridized carbons (Fsp3) is 0.414. The second-order valence-corrected chi connectivity index (χ2v) is 12.9. The van der Waals surface area contributed by atoms with Crippen molar-refractivity contribution in [2.24, 2.45) is 11.3 Å². The first-order valence-electron chi connectivity index (χ1n) is 13.0. The van der Waals surface area contributed by atoms with Crippen LogP contribution in [0.1, 0.15) is 64.9 Å². The van der Waals surface area contributed by atoms with E-state index < -0.39 is 0 Å². The summed E-state index contributed by atoms with van der Waals surface area (Å²) in [4.78, 5) is 26.7. The molecule has 2 aromatic heterocycles. The molecule has 4 rings (SSSR count). The minimum Gasteiger partial charge on any atom is -0.345 e. The van der Waals surface area contributed by atoms with Gasteiger partial charge in [-0.2, -0.15) is 5.26 Å². The number of hydrogen-bond acceptors (Lipinski definition) is 7. The number of nitrogens with zero attached hydrogens (tertiary/aromatic N) is 4. The standard InChI is InChI=1S/C29H34N6O2S2/c1-6-12-35-24(16-31-26(37)19-9-7-8-18(2)13-19)33-34-28(35)38-17-25(36)32-27-22(15-30)21-11-10-20(29(3,4)5)14-23(21)39-27/h6-9,13,20H,1,10-12,14,16-17H2,2-5H3,(H,31,37)(H,32,36)/t20-/m1/s1. The first-order chi connectivity index (χ1) is 18.6. The molecule has 39 heavy (non-hydrogen) atoms. The van der Waals surface area contributed by atoms with Crippen LogP contribution in [0.4, 0.5) is 5.00 Å². The number of nitriles is 1. The van der Waals surface area contributed by atoms with Crippen molar-refractivity contribution >= 4 is 39.9 Å². The Hall–Kier alpha value is -3.42. The van der Waals surface area contributed by atoms with E-state index in [0.717, 1.165) is 30.4 Å². The number of nitrogens with one attached hydrogen (secondary N) is 2. The molecule has 1 atom stereocenters. The summed E-state index contributed by atoms with van der Waals surface area (Å²) < 4.78 is 1.83. The molecular weight excluding hydrogens is 528 g/mol. The number of thioether (sulfide) groups is 1. The molecule has 8 nitrogen and oxygen atoms in total. The van der Waals surface area contributed by atoms with Gasteiger partial charge in [0.1, 0.15) is 11.1 Å². The summed E-state index contributed by atoms with van der Waals surface area (Å²) in [5.74, 6) is 0.848. The maximum atomic E-state index is 12.9.